The third kappa shape index (κ3) is 6.82. The van der Waals surface area contributed by atoms with Crippen molar-refractivity contribution in [1.29, 1.82) is 0 Å². The molecule has 0 aliphatic heterocycles. The number of hydrogen-bond acceptors (Lipinski definition) is 4. The number of carbonyl (C=O) groups excluding carboxylic acids is 2. The first-order valence-electron chi connectivity index (χ1n) is 15.4. The molecule has 0 N–H and O–H groups in total. The zero-order valence-corrected chi connectivity index (χ0v) is 24.9. The second-order valence-corrected chi connectivity index (χ2v) is 11.4. The molecule has 42 heavy (non-hydrogen) atoms. The van der Waals surface area contributed by atoms with Crippen molar-refractivity contribution in [3.8, 4) is 0 Å². The number of hydrogen-bond donors (Lipinski definition) is 0. The van der Waals surface area contributed by atoms with Gasteiger partial charge in [-0.25, -0.2) is 0 Å². The molecule has 4 heteroatoms. The van der Waals surface area contributed by atoms with Crippen LogP contribution in [-0.2, 0) is 22.7 Å². The Bertz CT molecular complexity index is 1370. The lowest BCUT2D eigenvalue weighted by Crippen LogP contribution is -2.44. The van der Waals surface area contributed by atoms with Gasteiger partial charge in [-0.3, -0.25) is 9.59 Å². The second-order valence-electron chi connectivity index (χ2n) is 11.4. The predicted molar refractivity (Wildman–Crippen MR) is 173 cm³/mol. The SMILES string of the molecule is CCCCN(CCCC)c1ccc(C2C(=O)C(c3ccc(N(Cc4ccccc4)Cc4ccccc4)cc3)C2=O)cc1. The average molecular weight is 559 g/mol. The maximum atomic E-state index is 13.3. The second kappa shape index (κ2) is 14.1. The molecule has 0 unspecified atom stereocenters. The van der Waals surface area contributed by atoms with E-state index < -0.39 is 11.8 Å². The molecule has 1 aliphatic rings. The van der Waals surface area contributed by atoms with Gasteiger partial charge in [0.05, 0.1) is 0 Å². The van der Waals surface area contributed by atoms with E-state index in [9.17, 15) is 9.59 Å². The predicted octanol–water partition coefficient (Wildman–Crippen LogP) is 8.32. The van der Waals surface area contributed by atoms with E-state index in [2.05, 4.69) is 84.3 Å². The first-order valence-corrected chi connectivity index (χ1v) is 15.4. The van der Waals surface area contributed by atoms with Crippen LogP contribution in [0.15, 0.2) is 109 Å². The Morgan fingerprint density at radius 3 is 1.26 bits per heavy atom. The number of rotatable bonds is 14. The molecule has 1 aliphatic carbocycles. The minimum absolute atomic E-state index is 0.000232. The van der Waals surface area contributed by atoms with Crippen molar-refractivity contribution in [3.05, 3.63) is 131 Å². The molecule has 0 aromatic heterocycles. The van der Waals surface area contributed by atoms with Crippen molar-refractivity contribution >= 4 is 22.9 Å². The largest absolute Gasteiger partial charge is 0.372 e. The third-order valence-electron chi connectivity index (χ3n) is 8.32. The molecule has 216 valence electrons. The molecule has 0 atom stereocenters. The molecule has 0 bridgehead atoms. The van der Waals surface area contributed by atoms with Crippen LogP contribution >= 0.6 is 0 Å². The standard InChI is InChI=1S/C38H42N2O2/c1-3-5-25-39(26-6-4-2)33-21-17-31(18-22-33)35-37(41)36(38(35)42)32-19-23-34(24-20-32)40(27-29-13-9-7-10-14-29)28-30-15-11-8-12-16-30/h7-24,35-36H,3-6,25-28H2,1-2H3. The average Bonchev–Trinajstić information content (AvgIpc) is 3.03. The minimum atomic E-state index is -0.675. The molecule has 0 amide bonds. The summed E-state index contributed by atoms with van der Waals surface area (Å²) >= 11 is 0. The smallest absolute Gasteiger partial charge is 0.162 e. The van der Waals surface area contributed by atoms with Gasteiger partial charge in [-0.05, 0) is 59.4 Å². The Morgan fingerprint density at radius 1 is 0.500 bits per heavy atom. The van der Waals surface area contributed by atoms with Crippen LogP contribution in [0.4, 0.5) is 11.4 Å². The minimum Gasteiger partial charge on any atom is -0.372 e. The monoisotopic (exact) mass is 558 g/mol. The Balaban J connectivity index is 1.28. The van der Waals surface area contributed by atoms with Crippen molar-refractivity contribution in [3.63, 3.8) is 0 Å². The van der Waals surface area contributed by atoms with E-state index in [-0.39, 0.29) is 11.6 Å². The molecular weight excluding hydrogens is 516 g/mol. The number of carbonyl (C=O) groups is 2. The van der Waals surface area contributed by atoms with Gasteiger partial charge in [0, 0.05) is 37.6 Å². The fraction of sp³-hybridized carbons (Fsp3) is 0.316. The summed E-state index contributed by atoms with van der Waals surface area (Å²) in [6, 6.07) is 37.0. The number of nitrogens with zero attached hydrogens (tertiary/aromatic N) is 2. The number of unbranched alkanes of at least 4 members (excludes halogenated alkanes) is 2. The van der Waals surface area contributed by atoms with Gasteiger partial charge in [0.15, 0.2) is 11.6 Å². The van der Waals surface area contributed by atoms with Crippen molar-refractivity contribution in [2.75, 3.05) is 22.9 Å². The molecule has 5 rings (SSSR count). The van der Waals surface area contributed by atoms with E-state index in [1.165, 1.54) is 16.8 Å². The van der Waals surface area contributed by atoms with Crippen molar-refractivity contribution in [2.45, 2.75) is 64.5 Å². The van der Waals surface area contributed by atoms with E-state index in [0.717, 1.165) is 68.7 Å². The lowest BCUT2D eigenvalue weighted by Gasteiger charge is -2.33. The van der Waals surface area contributed by atoms with Crippen LogP contribution in [0.2, 0.25) is 0 Å². The summed E-state index contributed by atoms with van der Waals surface area (Å²) in [6.07, 6.45) is 4.63. The van der Waals surface area contributed by atoms with Crippen molar-refractivity contribution in [1.82, 2.24) is 0 Å². The zero-order valence-electron chi connectivity index (χ0n) is 24.9. The van der Waals surface area contributed by atoms with E-state index in [4.69, 9.17) is 0 Å². The third-order valence-corrected chi connectivity index (χ3v) is 8.32. The van der Waals surface area contributed by atoms with Crippen LogP contribution in [0, 0.1) is 0 Å². The molecule has 4 nitrogen and oxygen atoms in total. The van der Waals surface area contributed by atoms with E-state index in [1.54, 1.807) is 0 Å². The van der Waals surface area contributed by atoms with Gasteiger partial charge in [-0.1, -0.05) is 112 Å². The van der Waals surface area contributed by atoms with Gasteiger partial charge in [-0.2, -0.15) is 0 Å². The number of Topliss-reactive ketones (excluding diaryl/α,β-unsaturated/α-hetero) is 2. The van der Waals surface area contributed by atoms with E-state index >= 15 is 0 Å². The van der Waals surface area contributed by atoms with Crippen molar-refractivity contribution in [2.24, 2.45) is 0 Å². The Labute approximate surface area is 251 Å². The number of ketones is 2. The molecular formula is C38H42N2O2. The summed E-state index contributed by atoms with van der Waals surface area (Å²) < 4.78 is 0. The fourth-order valence-electron chi connectivity index (χ4n) is 5.84. The summed E-state index contributed by atoms with van der Waals surface area (Å²) in [4.78, 5) is 31.4. The first kappa shape index (κ1) is 29.3. The van der Waals surface area contributed by atoms with Crippen LogP contribution in [0.25, 0.3) is 0 Å². The molecule has 4 aromatic rings. The Kier molecular flexibility index (Phi) is 9.86. The quantitative estimate of drug-likeness (QED) is 0.146. The van der Waals surface area contributed by atoms with Crippen LogP contribution in [0.5, 0.6) is 0 Å². The highest BCUT2D eigenvalue weighted by molar-refractivity contribution is 6.31. The van der Waals surface area contributed by atoms with Crippen LogP contribution < -0.4 is 9.80 Å². The Morgan fingerprint density at radius 2 is 0.881 bits per heavy atom. The summed E-state index contributed by atoms with van der Waals surface area (Å²) in [7, 11) is 0. The highest BCUT2D eigenvalue weighted by Gasteiger charge is 2.50. The van der Waals surface area contributed by atoms with Crippen molar-refractivity contribution < 1.29 is 9.59 Å². The van der Waals surface area contributed by atoms with Crippen LogP contribution in [0.1, 0.15) is 73.6 Å². The summed E-state index contributed by atoms with van der Waals surface area (Å²) in [6.45, 7) is 8.02. The maximum absolute atomic E-state index is 13.3. The van der Waals surface area contributed by atoms with E-state index in [1.807, 2.05) is 48.5 Å². The fourth-order valence-corrected chi connectivity index (χ4v) is 5.84. The van der Waals surface area contributed by atoms with Crippen LogP contribution in [0.3, 0.4) is 0 Å². The summed E-state index contributed by atoms with van der Waals surface area (Å²) in [5.41, 5.74) is 6.29. The van der Waals surface area contributed by atoms with Gasteiger partial charge in [0.2, 0.25) is 0 Å². The highest BCUT2D eigenvalue weighted by Crippen LogP contribution is 2.41. The topological polar surface area (TPSA) is 40.6 Å². The molecule has 0 saturated heterocycles. The summed E-state index contributed by atoms with van der Waals surface area (Å²) in [5.74, 6) is -1.33. The van der Waals surface area contributed by atoms with Gasteiger partial charge >= 0.3 is 0 Å². The highest BCUT2D eigenvalue weighted by atomic mass is 16.2. The molecule has 0 spiro atoms. The van der Waals surface area contributed by atoms with Gasteiger partial charge in [0.1, 0.15) is 11.8 Å². The lowest BCUT2D eigenvalue weighted by molar-refractivity contribution is -0.142. The molecule has 4 aromatic carbocycles. The maximum Gasteiger partial charge on any atom is 0.162 e. The molecule has 1 saturated carbocycles. The zero-order chi connectivity index (χ0) is 29.3. The number of anilines is 2. The first-order chi connectivity index (χ1) is 20.6. The lowest BCUT2D eigenvalue weighted by atomic mass is 9.66. The summed E-state index contributed by atoms with van der Waals surface area (Å²) in [5, 5.41) is 0. The number of benzene rings is 4. The molecule has 0 heterocycles. The van der Waals surface area contributed by atoms with Gasteiger partial charge in [-0.15, -0.1) is 0 Å². The molecule has 1 fully saturated rings. The Hall–Kier alpha value is -4.18. The molecule has 0 radical (unpaired) electrons. The van der Waals surface area contributed by atoms with Gasteiger partial charge in [0.25, 0.3) is 0 Å². The normalized spacial score (nSPS) is 16.2. The van der Waals surface area contributed by atoms with Crippen LogP contribution in [-0.4, -0.2) is 24.7 Å². The van der Waals surface area contributed by atoms with Gasteiger partial charge < -0.3 is 9.80 Å². The van der Waals surface area contributed by atoms with E-state index in [0.29, 0.717) is 0 Å².